The monoisotopic (exact) mass is 586 g/mol. The number of likely N-dealkylation sites (tertiary alicyclic amines) is 2. The molecule has 2 fully saturated rings. The Morgan fingerprint density at radius 3 is 1.70 bits per heavy atom. The normalized spacial score (nSPS) is 20.1. The van der Waals surface area contributed by atoms with Crippen LogP contribution in [0.1, 0.15) is 64.5 Å². The van der Waals surface area contributed by atoms with Crippen LogP contribution in [0.2, 0.25) is 0 Å². The van der Waals surface area contributed by atoms with Crippen LogP contribution in [0.5, 0.6) is 0 Å². The first kappa shape index (κ1) is 32.2. The molecule has 0 spiro atoms. The Morgan fingerprint density at radius 1 is 0.721 bits per heavy atom. The molecule has 4 atom stereocenters. The van der Waals surface area contributed by atoms with Gasteiger partial charge in [0.2, 0.25) is 11.8 Å². The second kappa shape index (κ2) is 15.1. The highest BCUT2D eigenvalue weighted by atomic mass is 16.5. The fourth-order valence-corrected chi connectivity index (χ4v) is 6.18. The second-order valence-corrected chi connectivity index (χ2v) is 12.5. The molecular weight excluding hydrogens is 540 g/mol. The number of benzene rings is 2. The summed E-state index contributed by atoms with van der Waals surface area (Å²) in [5, 5.41) is 0. The first-order chi connectivity index (χ1) is 20.7. The molecule has 2 aliphatic rings. The summed E-state index contributed by atoms with van der Waals surface area (Å²) < 4.78 is 5.59. The standard InChI is InChI=1S/C36H46N2O5/c1-25(2)29(34(40)37-21-11-17-31(37)33(39)23-27-13-7-5-8-14-27)19-20-30(26(3)4)35(41)38-22-12-18-32(38)36(42)43-24-28-15-9-6-10-16-28/h5-10,13-16,19-20,25-26,29-32H,11-12,17-18,21-24H2,1-4H3. The number of rotatable bonds is 12. The number of nitrogens with zero attached hydrogens (tertiary/aromatic N) is 2. The van der Waals surface area contributed by atoms with Gasteiger partial charge in [-0.1, -0.05) is 101 Å². The minimum absolute atomic E-state index is 0.00959. The number of carbonyl (C=O) groups excluding carboxylic acids is 4. The SMILES string of the molecule is CC(C)C(C=CC(C(=O)N1CCCC1C(=O)OCc1ccccc1)C(C)C)C(=O)N1CCCC1C(=O)Cc1ccccc1. The highest BCUT2D eigenvalue weighted by Gasteiger charge is 2.40. The van der Waals surface area contributed by atoms with Gasteiger partial charge in [-0.3, -0.25) is 14.4 Å². The van der Waals surface area contributed by atoms with E-state index in [1.807, 2.05) is 101 Å². The Balaban J connectivity index is 1.43. The number of Topliss-reactive ketones (excluding diaryl/α,β-unsaturated/α-hetero) is 1. The lowest BCUT2D eigenvalue weighted by atomic mass is 9.88. The van der Waals surface area contributed by atoms with Crippen molar-refractivity contribution in [2.45, 2.75) is 78.5 Å². The molecule has 4 rings (SSSR count). The zero-order valence-corrected chi connectivity index (χ0v) is 26.0. The molecule has 0 saturated carbocycles. The molecule has 7 nitrogen and oxygen atoms in total. The Hall–Kier alpha value is -3.74. The van der Waals surface area contributed by atoms with Gasteiger partial charge in [-0.05, 0) is 48.6 Å². The van der Waals surface area contributed by atoms with Crippen LogP contribution in [-0.4, -0.2) is 58.5 Å². The van der Waals surface area contributed by atoms with Gasteiger partial charge in [0.25, 0.3) is 0 Å². The van der Waals surface area contributed by atoms with Crippen LogP contribution in [0.4, 0.5) is 0 Å². The van der Waals surface area contributed by atoms with Gasteiger partial charge in [-0.15, -0.1) is 0 Å². The van der Waals surface area contributed by atoms with Gasteiger partial charge in [-0.2, -0.15) is 0 Å². The van der Waals surface area contributed by atoms with Crippen LogP contribution in [0.15, 0.2) is 72.8 Å². The molecule has 0 radical (unpaired) electrons. The minimum atomic E-state index is -0.602. The third-order valence-corrected chi connectivity index (χ3v) is 8.69. The smallest absolute Gasteiger partial charge is 0.329 e. The van der Waals surface area contributed by atoms with Crippen molar-refractivity contribution in [3.05, 3.63) is 83.9 Å². The maximum Gasteiger partial charge on any atom is 0.329 e. The van der Waals surface area contributed by atoms with Crippen molar-refractivity contribution in [3.63, 3.8) is 0 Å². The average molecular weight is 587 g/mol. The Bertz CT molecular complexity index is 1270. The summed E-state index contributed by atoms with van der Waals surface area (Å²) in [6, 6.07) is 18.1. The van der Waals surface area contributed by atoms with Gasteiger partial charge < -0.3 is 14.5 Å². The summed E-state index contributed by atoms with van der Waals surface area (Å²) in [5.74, 6) is -1.46. The number of esters is 1. The molecular formula is C36H46N2O5. The predicted octanol–water partition coefficient (Wildman–Crippen LogP) is 5.62. The van der Waals surface area contributed by atoms with Crippen molar-refractivity contribution in [2.75, 3.05) is 13.1 Å². The lowest BCUT2D eigenvalue weighted by Gasteiger charge is -2.30. The van der Waals surface area contributed by atoms with E-state index in [4.69, 9.17) is 4.74 Å². The van der Waals surface area contributed by atoms with Crippen LogP contribution in [0.25, 0.3) is 0 Å². The van der Waals surface area contributed by atoms with Crippen LogP contribution < -0.4 is 0 Å². The molecule has 0 bridgehead atoms. The maximum absolute atomic E-state index is 13.9. The Morgan fingerprint density at radius 2 is 1.19 bits per heavy atom. The Labute approximate surface area is 256 Å². The van der Waals surface area contributed by atoms with E-state index in [-0.39, 0.29) is 42.0 Å². The van der Waals surface area contributed by atoms with Gasteiger partial charge in [0.1, 0.15) is 12.6 Å². The van der Waals surface area contributed by atoms with E-state index in [1.165, 1.54) is 0 Å². The number of hydrogen-bond donors (Lipinski definition) is 0. The van der Waals surface area contributed by atoms with Crippen molar-refractivity contribution in [2.24, 2.45) is 23.7 Å². The molecule has 43 heavy (non-hydrogen) atoms. The van der Waals surface area contributed by atoms with E-state index >= 15 is 0 Å². The van der Waals surface area contributed by atoms with E-state index < -0.39 is 23.9 Å². The van der Waals surface area contributed by atoms with Crippen LogP contribution >= 0.6 is 0 Å². The van der Waals surface area contributed by atoms with Crippen molar-refractivity contribution in [3.8, 4) is 0 Å². The summed E-state index contributed by atoms with van der Waals surface area (Å²) in [4.78, 5) is 57.3. The molecule has 230 valence electrons. The Kier molecular flexibility index (Phi) is 11.3. The minimum Gasteiger partial charge on any atom is -0.459 e. The summed E-state index contributed by atoms with van der Waals surface area (Å²) in [5.41, 5.74) is 1.86. The number of ketones is 1. The van der Waals surface area contributed by atoms with Crippen LogP contribution in [-0.2, 0) is 36.9 Å². The number of ether oxygens (including phenoxy) is 1. The molecule has 2 aromatic rings. The van der Waals surface area contributed by atoms with Gasteiger partial charge in [0.05, 0.1) is 17.9 Å². The zero-order valence-electron chi connectivity index (χ0n) is 26.0. The first-order valence-corrected chi connectivity index (χ1v) is 15.7. The van der Waals surface area contributed by atoms with E-state index in [2.05, 4.69) is 0 Å². The van der Waals surface area contributed by atoms with Crippen LogP contribution in [0.3, 0.4) is 0 Å². The quantitative estimate of drug-likeness (QED) is 0.238. The van der Waals surface area contributed by atoms with Gasteiger partial charge >= 0.3 is 5.97 Å². The maximum atomic E-state index is 13.9. The largest absolute Gasteiger partial charge is 0.459 e. The molecule has 4 unspecified atom stereocenters. The van der Waals surface area contributed by atoms with Gasteiger partial charge in [0, 0.05) is 19.5 Å². The predicted molar refractivity (Wildman–Crippen MR) is 167 cm³/mol. The van der Waals surface area contributed by atoms with Crippen molar-refractivity contribution < 1.29 is 23.9 Å². The second-order valence-electron chi connectivity index (χ2n) is 12.5. The van der Waals surface area contributed by atoms with Crippen molar-refractivity contribution >= 4 is 23.6 Å². The number of carbonyl (C=O) groups is 4. The zero-order chi connectivity index (χ0) is 30.9. The third-order valence-electron chi connectivity index (χ3n) is 8.69. The lowest BCUT2D eigenvalue weighted by molar-refractivity contribution is -0.155. The van der Waals surface area contributed by atoms with Crippen LogP contribution in [0, 0.1) is 23.7 Å². The summed E-state index contributed by atoms with van der Waals surface area (Å²) in [6.07, 6.45) is 6.83. The van der Waals surface area contributed by atoms with Crippen molar-refractivity contribution in [1.82, 2.24) is 9.80 Å². The first-order valence-electron chi connectivity index (χ1n) is 15.7. The fourth-order valence-electron chi connectivity index (χ4n) is 6.18. The van der Waals surface area contributed by atoms with Gasteiger partial charge in [0.15, 0.2) is 5.78 Å². The van der Waals surface area contributed by atoms with Gasteiger partial charge in [-0.25, -0.2) is 4.79 Å². The summed E-state index contributed by atoms with van der Waals surface area (Å²) in [7, 11) is 0. The molecule has 2 heterocycles. The molecule has 0 aromatic heterocycles. The molecule has 0 aliphatic carbocycles. The average Bonchev–Trinajstić information content (AvgIpc) is 3.69. The lowest BCUT2D eigenvalue weighted by Crippen LogP contribution is -2.45. The van der Waals surface area contributed by atoms with Crippen molar-refractivity contribution in [1.29, 1.82) is 0 Å². The molecule has 2 aromatic carbocycles. The van der Waals surface area contributed by atoms with E-state index in [0.717, 1.165) is 24.0 Å². The molecule has 0 N–H and O–H groups in total. The highest BCUT2D eigenvalue weighted by Crippen LogP contribution is 2.29. The third kappa shape index (κ3) is 8.21. The van der Waals surface area contributed by atoms with E-state index in [9.17, 15) is 19.2 Å². The van der Waals surface area contributed by atoms with E-state index in [0.29, 0.717) is 32.4 Å². The fraction of sp³-hybridized carbons (Fsp3) is 0.500. The molecule has 2 aliphatic heterocycles. The topological polar surface area (TPSA) is 84.0 Å². The molecule has 7 heteroatoms. The summed E-state index contributed by atoms with van der Waals surface area (Å²) in [6.45, 7) is 9.20. The number of amides is 2. The van der Waals surface area contributed by atoms with E-state index in [1.54, 1.807) is 9.80 Å². The summed E-state index contributed by atoms with van der Waals surface area (Å²) >= 11 is 0. The molecule has 2 saturated heterocycles. The molecule has 2 amide bonds. The highest BCUT2D eigenvalue weighted by molar-refractivity contribution is 5.92. The number of hydrogen-bond acceptors (Lipinski definition) is 5.